The van der Waals surface area contributed by atoms with Gasteiger partial charge in [0.1, 0.15) is 0 Å². The second kappa shape index (κ2) is 8.35. The number of para-hydroxylation sites is 1. The molecule has 2 aliphatic heterocycles. The van der Waals surface area contributed by atoms with Crippen LogP contribution in [0.3, 0.4) is 0 Å². The van der Waals surface area contributed by atoms with Crippen molar-refractivity contribution >= 4 is 17.5 Å². The molecule has 4 rings (SSSR count). The van der Waals surface area contributed by atoms with Gasteiger partial charge >= 0.3 is 0 Å². The van der Waals surface area contributed by atoms with Gasteiger partial charge in [-0.1, -0.05) is 18.2 Å². The van der Waals surface area contributed by atoms with Gasteiger partial charge < -0.3 is 15.1 Å². The Hall–Kier alpha value is -2.67. The summed E-state index contributed by atoms with van der Waals surface area (Å²) in [6, 6.07) is 12.5. The summed E-state index contributed by atoms with van der Waals surface area (Å²) in [5.41, 5.74) is 1.15. The highest BCUT2D eigenvalue weighted by molar-refractivity contribution is 5.78. The molecular formula is C20H26N6O. The van der Waals surface area contributed by atoms with Gasteiger partial charge in [0.05, 0.1) is 6.54 Å². The van der Waals surface area contributed by atoms with Crippen LogP contribution in [0.4, 0.5) is 11.6 Å². The molecule has 2 aromatic rings. The van der Waals surface area contributed by atoms with E-state index in [9.17, 15) is 4.79 Å². The lowest BCUT2D eigenvalue weighted by atomic mass is 10.2. The molecule has 2 fully saturated rings. The number of nitrogens with one attached hydrogen (secondary N) is 1. The summed E-state index contributed by atoms with van der Waals surface area (Å²) >= 11 is 0. The summed E-state index contributed by atoms with van der Waals surface area (Å²) in [6.07, 6.45) is 4.58. The monoisotopic (exact) mass is 366 g/mol. The van der Waals surface area contributed by atoms with E-state index in [4.69, 9.17) is 0 Å². The Kier molecular flexibility index (Phi) is 5.48. The van der Waals surface area contributed by atoms with E-state index in [1.807, 2.05) is 29.2 Å². The van der Waals surface area contributed by atoms with Crippen LogP contribution in [0.5, 0.6) is 0 Å². The van der Waals surface area contributed by atoms with Crippen molar-refractivity contribution in [1.29, 1.82) is 0 Å². The van der Waals surface area contributed by atoms with Gasteiger partial charge in [0.2, 0.25) is 11.9 Å². The highest BCUT2D eigenvalue weighted by Crippen LogP contribution is 2.16. The lowest BCUT2D eigenvalue weighted by Crippen LogP contribution is -2.51. The van der Waals surface area contributed by atoms with Gasteiger partial charge in [-0.3, -0.25) is 9.69 Å². The van der Waals surface area contributed by atoms with Gasteiger partial charge in [0.15, 0.2) is 0 Å². The van der Waals surface area contributed by atoms with Crippen LogP contribution in [-0.2, 0) is 4.79 Å². The zero-order chi connectivity index (χ0) is 18.5. The first-order chi connectivity index (χ1) is 13.3. The minimum atomic E-state index is 0.226. The summed E-state index contributed by atoms with van der Waals surface area (Å²) < 4.78 is 0. The fourth-order valence-corrected chi connectivity index (χ4v) is 3.77. The molecule has 3 heterocycles. The number of carbonyl (C=O) groups is 1. The van der Waals surface area contributed by atoms with E-state index in [0.717, 1.165) is 57.3 Å². The Morgan fingerprint density at radius 3 is 2.48 bits per heavy atom. The van der Waals surface area contributed by atoms with Gasteiger partial charge in [-0.15, -0.1) is 0 Å². The standard InChI is InChI=1S/C20H26N6O/c27-19(25-11-13-26(14-12-25)20-21-8-4-9-22-20)16-24-10-7-18(15-24)23-17-5-2-1-3-6-17/h1-6,8-9,18,23H,7,10-16H2. The predicted molar refractivity (Wildman–Crippen MR) is 106 cm³/mol. The molecular weight excluding hydrogens is 340 g/mol. The molecule has 1 aromatic carbocycles. The smallest absolute Gasteiger partial charge is 0.236 e. The quantitative estimate of drug-likeness (QED) is 0.861. The third-order valence-corrected chi connectivity index (χ3v) is 5.24. The average molecular weight is 366 g/mol. The maximum Gasteiger partial charge on any atom is 0.236 e. The Balaban J connectivity index is 1.22. The lowest BCUT2D eigenvalue weighted by molar-refractivity contribution is -0.132. The fourth-order valence-electron chi connectivity index (χ4n) is 3.77. The van der Waals surface area contributed by atoms with Gasteiger partial charge in [0, 0.05) is 63.4 Å². The van der Waals surface area contributed by atoms with E-state index in [2.05, 4.69) is 37.2 Å². The summed E-state index contributed by atoms with van der Waals surface area (Å²) in [4.78, 5) is 27.6. The Bertz CT molecular complexity index is 733. The molecule has 7 heteroatoms. The summed E-state index contributed by atoms with van der Waals surface area (Å²) in [6.45, 7) is 5.43. The minimum Gasteiger partial charge on any atom is -0.381 e. The van der Waals surface area contributed by atoms with Crippen molar-refractivity contribution < 1.29 is 4.79 Å². The van der Waals surface area contributed by atoms with Crippen LogP contribution in [0.15, 0.2) is 48.8 Å². The number of rotatable bonds is 5. The number of benzene rings is 1. The van der Waals surface area contributed by atoms with E-state index >= 15 is 0 Å². The molecule has 0 saturated carbocycles. The molecule has 7 nitrogen and oxygen atoms in total. The first-order valence-corrected chi connectivity index (χ1v) is 9.61. The van der Waals surface area contributed by atoms with Crippen molar-refractivity contribution in [1.82, 2.24) is 19.8 Å². The molecule has 2 saturated heterocycles. The van der Waals surface area contributed by atoms with Gasteiger partial charge in [-0.05, 0) is 24.6 Å². The first-order valence-electron chi connectivity index (χ1n) is 9.61. The first kappa shape index (κ1) is 17.7. The zero-order valence-electron chi connectivity index (χ0n) is 15.5. The van der Waals surface area contributed by atoms with E-state index in [1.165, 1.54) is 0 Å². The number of piperazine rings is 1. The molecule has 142 valence electrons. The zero-order valence-corrected chi connectivity index (χ0v) is 15.5. The third kappa shape index (κ3) is 4.54. The maximum absolute atomic E-state index is 12.7. The van der Waals surface area contributed by atoms with Crippen molar-refractivity contribution in [2.75, 3.05) is 56.0 Å². The summed E-state index contributed by atoms with van der Waals surface area (Å²) in [7, 11) is 0. The molecule has 1 atom stereocenters. The van der Waals surface area contributed by atoms with Crippen LogP contribution in [0.1, 0.15) is 6.42 Å². The van der Waals surface area contributed by atoms with E-state index in [-0.39, 0.29) is 5.91 Å². The lowest BCUT2D eigenvalue weighted by Gasteiger charge is -2.35. The molecule has 0 bridgehead atoms. The van der Waals surface area contributed by atoms with Crippen molar-refractivity contribution in [3.05, 3.63) is 48.8 Å². The molecule has 1 aromatic heterocycles. The molecule has 0 spiro atoms. The number of amides is 1. The fraction of sp³-hybridized carbons (Fsp3) is 0.450. The molecule has 1 amide bonds. The average Bonchev–Trinajstić information content (AvgIpc) is 3.16. The number of anilines is 2. The van der Waals surface area contributed by atoms with E-state index < -0.39 is 0 Å². The number of hydrogen-bond donors (Lipinski definition) is 1. The maximum atomic E-state index is 12.7. The third-order valence-electron chi connectivity index (χ3n) is 5.24. The molecule has 0 aliphatic carbocycles. The predicted octanol–water partition coefficient (Wildman–Crippen LogP) is 1.31. The summed E-state index contributed by atoms with van der Waals surface area (Å²) in [5.74, 6) is 0.975. The number of hydrogen-bond acceptors (Lipinski definition) is 6. The van der Waals surface area contributed by atoms with Crippen molar-refractivity contribution in [3.63, 3.8) is 0 Å². The number of carbonyl (C=O) groups excluding carboxylic acids is 1. The Labute approximate surface area is 160 Å². The summed E-state index contributed by atoms with van der Waals surface area (Å²) in [5, 5.41) is 3.56. The highest BCUT2D eigenvalue weighted by Gasteiger charge is 2.27. The van der Waals surface area contributed by atoms with Crippen LogP contribution in [-0.4, -0.2) is 77.5 Å². The van der Waals surface area contributed by atoms with Gasteiger partial charge in [-0.25, -0.2) is 9.97 Å². The van der Waals surface area contributed by atoms with Crippen molar-refractivity contribution in [2.45, 2.75) is 12.5 Å². The Morgan fingerprint density at radius 2 is 1.74 bits per heavy atom. The normalized spacial score (nSPS) is 20.7. The minimum absolute atomic E-state index is 0.226. The van der Waals surface area contributed by atoms with Crippen LogP contribution in [0, 0.1) is 0 Å². The highest BCUT2D eigenvalue weighted by atomic mass is 16.2. The van der Waals surface area contributed by atoms with Crippen molar-refractivity contribution in [3.8, 4) is 0 Å². The van der Waals surface area contributed by atoms with Crippen molar-refractivity contribution in [2.24, 2.45) is 0 Å². The molecule has 1 unspecified atom stereocenters. The van der Waals surface area contributed by atoms with Crippen LogP contribution in [0.2, 0.25) is 0 Å². The second-order valence-corrected chi connectivity index (χ2v) is 7.15. The molecule has 1 N–H and O–H groups in total. The SMILES string of the molecule is O=C(CN1CCC(Nc2ccccc2)C1)N1CCN(c2ncccn2)CC1. The Morgan fingerprint density at radius 1 is 1.00 bits per heavy atom. The number of nitrogens with zero attached hydrogens (tertiary/aromatic N) is 5. The topological polar surface area (TPSA) is 64.6 Å². The van der Waals surface area contributed by atoms with E-state index in [0.29, 0.717) is 12.6 Å². The number of likely N-dealkylation sites (tertiary alicyclic amines) is 1. The second-order valence-electron chi connectivity index (χ2n) is 7.15. The largest absolute Gasteiger partial charge is 0.381 e. The number of aromatic nitrogens is 2. The molecule has 2 aliphatic rings. The van der Waals surface area contributed by atoms with Crippen LogP contribution >= 0.6 is 0 Å². The van der Waals surface area contributed by atoms with Gasteiger partial charge in [-0.2, -0.15) is 0 Å². The van der Waals surface area contributed by atoms with Gasteiger partial charge in [0.25, 0.3) is 0 Å². The van der Waals surface area contributed by atoms with Crippen LogP contribution < -0.4 is 10.2 Å². The molecule has 0 radical (unpaired) electrons. The molecule has 27 heavy (non-hydrogen) atoms. The van der Waals surface area contributed by atoms with Crippen LogP contribution in [0.25, 0.3) is 0 Å². The van der Waals surface area contributed by atoms with E-state index in [1.54, 1.807) is 12.4 Å².